The molecule has 212 valence electrons. The summed E-state index contributed by atoms with van der Waals surface area (Å²) in [5, 5.41) is 13.1. The molecule has 5 heteroatoms. The summed E-state index contributed by atoms with van der Waals surface area (Å²) >= 11 is 6.24. The minimum Gasteiger partial charge on any atom is -0.494 e. The normalized spacial score (nSPS) is 20.4. The Balaban J connectivity index is 1.46. The Morgan fingerprint density at radius 3 is 2.02 bits per heavy atom. The van der Waals surface area contributed by atoms with Crippen molar-refractivity contribution < 1.29 is 19.3 Å². The number of aliphatic hydroxyl groups is 1. The molecule has 1 aliphatic carbocycles. The molecule has 0 radical (unpaired) electrons. The first-order valence-corrected chi connectivity index (χ1v) is 14.6. The van der Waals surface area contributed by atoms with Gasteiger partial charge >= 0.3 is 0 Å². The molecule has 0 saturated carbocycles. The molecule has 0 aliphatic heterocycles. The zero-order chi connectivity index (χ0) is 28.5. The van der Waals surface area contributed by atoms with Crippen molar-refractivity contribution in [3.8, 4) is 5.75 Å². The van der Waals surface area contributed by atoms with E-state index in [4.69, 9.17) is 25.8 Å². The fourth-order valence-corrected chi connectivity index (χ4v) is 5.71. The van der Waals surface area contributed by atoms with Crippen molar-refractivity contribution >= 4 is 11.6 Å². The monoisotopic (exact) mass is 568 g/mol. The van der Waals surface area contributed by atoms with Gasteiger partial charge in [-0.25, -0.2) is 0 Å². The van der Waals surface area contributed by atoms with Crippen LogP contribution in [-0.4, -0.2) is 24.4 Å². The van der Waals surface area contributed by atoms with Gasteiger partial charge in [0.05, 0.1) is 32.5 Å². The maximum absolute atomic E-state index is 12.5. The molecule has 4 nitrogen and oxygen atoms in total. The molecule has 3 unspecified atom stereocenters. The number of ether oxygens (including phenoxy) is 3. The van der Waals surface area contributed by atoms with Crippen LogP contribution < -0.4 is 4.74 Å². The summed E-state index contributed by atoms with van der Waals surface area (Å²) in [6.07, 6.45) is 2.94. The average Bonchev–Trinajstić information content (AvgIpc) is 2.99. The highest BCUT2D eigenvalue weighted by molar-refractivity contribution is 6.30. The Morgan fingerprint density at radius 1 is 0.756 bits per heavy atom. The number of halogens is 1. The first-order valence-electron chi connectivity index (χ1n) is 14.2. The van der Waals surface area contributed by atoms with Gasteiger partial charge in [-0.05, 0) is 83.9 Å². The van der Waals surface area contributed by atoms with E-state index in [0.717, 1.165) is 46.4 Å². The molecule has 0 spiro atoms. The lowest BCUT2D eigenvalue weighted by Gasteiger charge is -2.43. The lowest BCUT2D eigenvalue weighted by Crippen LogP contribution is -2.48. The molecule has 0 aromatic heterocycles. The largest absolute Gasteiger partial charge is 0.494 e. The van der Waals surface area contributed by atoms with Gasteiger partial charge in [0.15, 0.2) is 0 Å². The molecule has 4 aromatic rings. The number of hydrogen-bond acceptors (Lipinski definition) is 4. The van der Waals surface area contributed by atoms with Gasteiger partial charge in [-0.3, -0.25) is 0 Å². The summed E-state index contributed by atoms with van der Waals surface area (Å²) < 4.78 is 18.5. The zero-order valence-electron chi connectivity index (χ0n) is 23.4. The van der Waals surface area contributed by atoms with E-state index in [1.807, 2.05) is 97.9 Å². The number of rotatable bonds is 12. The van der Waals surface area contributed by atoms with Crippen molar-refractivity contribution in [2.24, 2.45) is 5.92 Å². The van der Waals surface area contributed by atoms with Crippen LogP contribution in [0.3, 0.4) is 0 Å². The van der Waals surface area contributed by atoms with Gasteiger partial charge in [-0.2, -0.15) is 0 Å². The van der Waals surface area contributed by atoms with E-state index in [0.29, 0.717) is 31.5 Å². The number of hydrogen-bond donors (Lipinski definition) is 1. The first-order chi connectivity index (χ1) is 20.0. The third kappa shape index (κ3) is 7.66. The minimum atomic E-state index is -1.36. The van der Waals surface area contributed by atoms with E-state index < -0.39 is 11.7 Å². The van der Waals surface area contributed by atoms with Crippen LogP contribution in [0.1, 0.15) is 35.6 Å². The fraction of sp³-hybridized carbons (Fsp3) is 0.278. The molecule has 41 heavy (non-hydrogen) atoms. The van der Waals surface area contributed by atoms with Crippen LogP contribution in [0, 0.1) is 5.92 Å². The second kappa shape index (κ2) is 14.0. The quantitative estimate of drug-likeness (QED) is 0.176. The van der Waals surface area contributed by atoms with Crippen molar-refractivity contribution in [1.29, 1.82) is 0 Å². The van der Waals surface area contributed by atoms with Gasteiger partial charge in [0, 0.05) is 5.02 Å². The molecule has 0 saturated heterocycles. The van der Waals surface area contributed by atoms with Gasteiger partial charge in [0.2, 0.25) is 0 Å². The third-order valence-electron chi connectivity index (χ3n) is 7.52. The van der Waals surface area contributed by atoms with E-state index in [9.17, 15) is 5.11 Å². The number of benzene rings is 4. The van der Waals surface area contributed by atoms with Crippen molar-refractivity contribution in [3.05, 3.63) is 148 Å². The van der Waals surface area contributed by atoms with Crippen LogP contribution in [0.2, 0.25) is 5.02 Å². The second-order valence-electron chi connectivity index (χ2n) is 10.6. The Kier molecular flexibility index (Phi) is 9.92. The Bertz CT molecular complexity index is 1390. The van der Waals surface area contributed by atoms with Gasteiger partial charge in [0.25, 0.3) is 0 Å². The molecule has 4 aromatic carbocycles. The Labute approximate surface area is 248 Å². The third-order valence-corrected chi connectivity index (χ3v) is 7.77. The van der Waals surface area contributed by atoms with Crippen LogP contribution >= 0.6 is 11.6 Å². The van der Waals surface area contributed by atoms with E-state index >= 15 is 0 Å². The van der Waals surface area contributed by atoms with E-state index in [2.05, 4.69) is 24.3 Å². The molecule has 1 N–H and O–H groups in total. The average molecular weight is 569 g/mol. The molecule has 0 heterocycles. The van der Waals surface area contributed by atoms with E-state index in [1.165, 1.54) is 0 Å². The highest BCUT2D eigenvalue weighted by Gasteiger charge is 2.46. The molecule has 0 amide bonds. The van der Waals surface area contributed by atoms with Gasteiger partial charge < -0.3 is 19.3 Å². The predicted molar refractivity (Wildman–Crippen MR) is 164 cm³/mol. The molecule has 5 rings (SSSR count). The first kappa shape index (κ1) is 29.1. The van der Waals surface area contributed by atoms with Crippen molar-refractivity contribution in [2.75, 3.05) is 13.2 Å². The van der Waals surface area contributed by atoms with Crippen molar-refractivity contribution in [3.63, 3.8) is 0 Å². The summed E-state index contributed by atoms with van der Waals surface area (Å²) in [5.74, 6) is 0.849. The van der Waals surface area contributed by atoms with Gasteiger partial charge in [-0.15, -0.1) is 0 Å². The van der Waals surface area contributed by atoms with Crippen LogP contribution in [0.15, 0.2) is 121 Å². The summed E-state index contributed by atoms with van der Waals surface area (Å²) in [7, 11) is 0. The van der Waals surface area contributed by atoms with E-state index in [1.54, 1.807) is 0 Å². The van der Waals surface area contributed by atoms with Crippen LogP contribution in [0.4, 0.5) is 0 Å². The van der Waals surface area contributed by atoms with Gasteiger partial charge in [-0.1, -0.05) is 96.5 Å². The maximum Gasteiger partial charge on any atom is 0.134 e. The molecule has 1 aliphatic rings. The lowest BCUT2D eigenvalue weighted by atomic mass is 9.71. The summed E-state index contributed by atoms with van der Waals surface area (Å²) in [4.78, 5) is 0. The van der Waals surface area contributed by atoms with E-state index in [-0.39, 0.29) is 5.92 Å². The minimum absolute atomic E-state index is 0.00217. The zero-order valence-corrected chi connectivity index (χ0v) is 24.2. The topological polar surface area (TPSA) is 47.9 Å². The maximum atomic E-state index is 12.5. The highest BCUT2D eigenvalue weighted by Crippen LogP contribution is 2.43. The summed E-state index contributed by atoms with van der Waals surface area (Å²) in [6.45, 7) is 3.94. The second-order valence-corrected chi connectivity index (χ2v) is 11.0. The Morgan fingerprint density at radius 2 is 1.39 bits per heavy atom. The molecule has 3 atom stereocenters. The summed E-state index contributed by atoms with van der Waals surface area (Å²) in [5.41, 5.74) is 3.78. The molecule has 0 bridgehead atoms. The molecule has 0 fully saturated rings. The SMILES string of the molecule is CCOc1ccc(CC2CC(COCc3ccccc3)=CC(O)(c3ccc(Cl)cc3)C2OCc2ccccc2)cc1. The summed E-state index contributed by atoms with van der Waals surface area (Å²) in [6, 6.07) is 35.9. The van der Waals surface area contributed by atoms with Crippen LogP contribution in [0.5, 0.6) is 5.75 Å². The van der Waals surface area contributed by atoms with Crippen molar-refractivity contribution in [1.82, 2.24) is 0 Å². The highest BCUT2D eigenvalue weighted by atomic mass is 35.5. The van der Waals surface area contributed by atoms with Crippen LogP contribution in [-0.2, 0) is 34.7 Å². The fourth-order valence-electron chi connectivity index (χ4n) is 5.59. The Hall–Kier alpha value is -3.41. The van der Waals surface area contributed by atoms with Crippen molar-refractivity contribution in [2.45, 2.75) is 44.7 Å². The van der Waals surface area contributed by atoms with Crippen LogP contribution in [0.25, 0.3) is 0 Å². The van der Waals surface area contributed by atoms with Gasteiger partial charge in [0.1, 0.15) is 11.4 Å². The standard InChI is InChI=1S/C36H37ClO4/c1-2-40-34-19-13-27(14-20-34)21-31-22-30(25-39-24-28-9-5-3-6-10-28)23-36(38,32-15-17-33(37)18-16-32)35(31)41-26-29-11-7-4-8-12-29/h3-20,23,31,35,38H,2,21-22,24-26H2,1H3. The smallest absolute Gasteiger partial charge is 0.134 e. The lowest BCUT2D eigenvalue weighted by molar-refractivity contribution is -0.127. The predicted octanol–water partition coefficient (Wildman–Crippen LogP) is 7.92. The molecular weight excluding hydrogens is 532 g/mol. The molecular formula is C36H37ClO4.